The van der Waals surface area contributed by atoms with Crippen LogP contribution in [-0.2, 0) is 6.54 Å². The first-order valence-corrected chi connectivity index (χ1v) is 5.58. The molecule has 2 rings (SSSR count). The van der Waals surface area contributed by atoms with Crippen molar-refractivity contribution >= 4 is 16.7 Å². The van der Waals surface area contributed by atoms with Gasteiger partial charge in [0.05, 0.1) is 13.3 Å². The second-order valence-electron chi connectivity index (χ2n) is 3.19. The summed E-state index contributed by atoms with van der Waals surface area (Å²) in [4.78, 5) is 8.22. The first kappa shape index (κ1) is 10.8. The summed E-state index contributed by atoms with van der Waals surface area (Å²) in [5.41, 5.74) is 1.05. The van der Waals surface area contributed by atoms with Gasteiger partial charge in [0.15, 0.2) is 0 Å². The van der Waals surface area contributed by atoms with E-state index in [1.165, 1.54) is 11.5 Å². The largest absolute Gasteiger partial charge is 0.495 e. The molecule has 0 saturated carbocycles. The molecule has 0 aromatic carbocycles. The van der Waals surface area contributed by atoms with E-state index >= 15 is 0 Å². The lowest BCUT2D eigenvalue weighted by atomic mass is 10.2. The Balaban J connectivity index is 2.04. The van der Waals surface area contributed by atoms with Crippen molar-refractivity contribution in [3.8, 4) is 5.75 Å². The van der Waals surface area contributed by atoms with Gasteiger partial charge in [-0.2, -0.15) is 4.37 Å². The molecular formula is C10H12N4OS. The molecule has 0 atom stereocenters. The smallest absolute Gasteiger partial charge is 0.202 e. The molecule has 2 aromatic rings. The summed E-state index contributed by atoms with van der Waals surface area (Å²) in [5, 5.41) is 4.01. The van der Waals surface area contributed by atoms with Gasteiger partial charge in [0, 0.05) is 29.8 Å². The van der Waals surface area contributed by atoms with Crippen molar-refractivity contribution in [2.45, 2.75) is 13.5 Å². The van der Waals surface area contributed by atoms with Crippen molar-refractivity contribution in [1.29, 1.82) is 0 Å². The highest BCUT2D eigenvalue weighted by atomic mass is 32.1. The number of methoxy groups -OCH3 is 1. The maximum absolute atomic E-state index is 5.20. The van der Waals surface area contributed by atoms with Crippen LogP contribution in [-0.4, -0.2) is 21.5 Å². The Morgan fingerprint density at radius 1 is 1.50 bits per heavy atom. The van der Waals surface area contributed by atoms with E-state index < -0.39 is 0 Å². The van der Waals surface area contributed by atoms with E-state index in [0.29, 0.717) is 6.54 Å². The van der Waals surface area contributed by atoms with Crippen LogP contribution in [0.25, 0.3) is 0 Å². The third kappa shape index (κ3) is 2.46. The highest BCUT2D eigenvalue weighted by Crippen LogP contribution is 2.18. The van der Waals surface area contributed by atoms with Crippen molar-refractivity contribution in [1.82, 2.24) is 14.3 Å². The summed E-state index contributed by atoms with van der Waals surface area (Å²) in [6.07, 6.45) is 3.44. The summed E-state index contributed by atoms with van der Waals surface area (Å²) >= 11 is 1.35. The molecule has 2 heterocycles. The molecule has 0 amide bonds. The zero-order valence-corrected chi connectivity index (χ0v) is 9.91. The number of nitrogens with one attached hydrogen (secondary N) is 1. The van der Waals surface area contributed by atoms with E-state index in [1.54, 1.807) is 19.5 Å². The fraction of sp³-hybridized carbons (Fsp3) is 0.300. The Morgan fingerprint density at radius 3 is 3.06 bits per heavy atom. The normalized spacial score (nSPS) is 10.1. The van der Waals surface area contributed by atoms with E-state index in [4.69, 9.17) is 4.74 Å². The van der Waals surface area contributed by atoms with Crippen LogP contribution in [0.2, 0.25) is 0 Å². The Morgan fingerprint density at radius 2 is 2.38 bits per heavy atom. The van der Waals surface area contributed by atoms with Crippen LogP contribution in [0, 0.1) is 6.92 Å². The highest BCUT2D eigenvalue weighted by Gasteiger charge is 2.04. The quantitative estimate of drug-likeness (QED) is 0.878. The maximum Gasteiger partial charge on any atom is 0.202 e. The van der Waals surface area contributed by atoms with Gasteiger partial charge in [0.1, 0.15) is 11.6 Å². The number of rotatable bonds is 4. The van der Waals surface area contributed by atoms with Crippen molar-refractivity contribution in [2.75, 3.05) is 12.4 Å². The number of ether oxygens (including phenoxy) is 1. The molecule has 0 fully saturated rings. The van der Waals surface area contributed by atoms with Crippen molar-refractivity contribution < 1.29 is 4.74 Å². The minimum Gasteiger partial charge on any atom is -0.495 e. The van der Waals surface area contributed by atoms with Gasteiger partial charge in [-0.3, -0.25) is 4.98 Å². The summed E-state index contributed by atoms with van der Waals surface area (Å²) in [6.45, 7) is 2.52. The van der Waals surface area contributed by atoms with Crippen LogP contribution in [0.5, 0.6) is 5.75 Å². The summed E-state index contributed by atoms with van der Waals surface area (Å²) in [6, 6.07) is 1.92. The van der Waals surface area contributed by atoms with Gasteiger partial charge in [-0.1, -0.05) is 0 Å². The third-order valence-electron chi connectivity index (χ3n) is 2.05. The van der Waals surface area contributed by atoms with Gasteiger partial charge in [0.2, 0.25) is 5.13 Å². The van der Waals surface area contributed by atoms with Gasteiger partial charge >= 0.3 is 0 Å². The first-order valence-electron chi connectivity index (χ1n) is 4.80. The summed E-state index contributed by atoms with van der Waals surface area (Å²) in [7, 11) is 1.63. The fourth-order valence-electron chi connectivity index (χ4n) is 1.28. The molecule has 0 saturated heterocycles. The first-order chi connectivity index (χ1) is 7.79. The van der Waals surface area contributed by atoms with Gasteiger partial charge < -0.3 is 10.1 Å². The molecule has 0 spiro atoms. The molecule has 6 heteroatoms. The number of pyridine rings is 1. The van der Waals surface area contributed by atoms with Crippen molar-refractivity contribution in [2.24, 2.45) is 0 Å². The van der Waals surface area contributed by atoms with Crippen molar-refractivity contribution in [3.63, 3.8) is 0 Å². The molecule has 0 aliphatic heterocycles. The van der Waals surface area contributed by atoms with Crippen LogP contribution in [0.15, 0.2) is 18.5 Å². The Labute approximate surface area is 97.7 Å². The average molecular weight is 236 g/mol. The molecule has 0 radical (unpaired) electrons. The molecule has 1 N–H and O–H groups in total. The molecule has 0 aliphatic carbocycles. The zero-order chi connectivity index (χ0) is 11.4. The number of aryl methyl sites for hydroxylation is 1. The van der Waals surface area contributed by atoms with Gasteiger partial charge in [0.25, 0.3) is 0 Å². The minimum absolute atomic E-state index is 0.653. The minimum atomic E-state index is 0.653. The molecule has 5 nitrogen and oxygen atoms in total. The van der Waals surface area contributed by atoms with Crippen molar-refractivity contribution in [3.05, 3.63) is 29.8 Å². The number of hydrogen-bond donors (Lipinski definition) is 1. The molecular weight excluding hydrogens is 224 g/mol. The van der Waals surface area contributed by atoms with E-state index in [1.807, 2.05) is 13.0 Å². The van der Waals surface area contributed by atoms with Gasteiger partial charge in [-0.25, -0.2) is 4.98 Å². The molecule has 0 aliphatic rings. The van der Waals surface area contributed by atoms with Crippen LogP contribution in [0.4, 0.5) is 5.13 Å². The standard InChI is InChI=1S/C10H12N4OS/c1-7-13-10(16-14-7)12-5-8-3-4-11-6-9(8)15-2/h3-4,6H,5H2,1-2H3,(H,12,13,14). The zero-order valence-electron chi connectivity index (χ0n) is 9.10. The van der Waals surface area contributed by atoms with Crippen LogP contribution < -0.4 is 10.1 Å². The second-order valence-corrected chi connectivity index (χ2v) is 3.94. The lowest BCUT2D eigenvalue weighted by Crippen LogP contribution is -2.01. The Hall–Kier alpha value is -1.69. The van der Waals surface area contributed by atoms with Gasteiger partial charge in [-0.05, 0) is 13.0 Å². The number of nitrogens with zero attached hydrogens (tertiary/aromatic N) is 3. The van der Waals surface area contributed by atoms with E-state index in [2.05, 4.69) is 19.7 Å². The van der Waals surface area contributed by atoms with Crippen LogP contribution >= 0.6 is 11.5 Å². The predicted octanol–water partition coefficient (Wildman–Crippen LogP) is 1.86. The molecule has 84 valence electrons. The van der Waals surface area contributed by atoms with E-state index in [9.17, 15) is 0 Å². The van der Waals surface area contributed by atoms with Crippen LogP contribution in [0.1, 0.15) is 11.4 Å². The second kappa shape index (κ2) is 4.89. The van der Waals surface area contributed by atoms with E-state index in [0.717, 1.165) is 22.3 Å². The lowest BCUT2D eigenvalue weighted by molar-refractivity contribution is 0.408. The van der Waals surface area contributed by atoms with Gasteiger partial charge in [-0.15, -0.1) is 0 Å². The highest BCUT2D eigenvalue weighted by molar-refractivity contribution is 7.09. The Bertz CT molecular complexity index is 471. The third-order valence-corrected chi connectivity index (χ3v) is 2.81. The number of hydrogen-bond acceptors (Lipinski definition) is 6. The maximum atomic E-state index is 5.20. The predicted molar refractivity (Wildman–Crippen MR) is 62.8 cm³/mol. The summed E-state index contributed by atoms with van der Waals surface area (Å²) in [5.74, 6) is 1.56. The average Bonchev–Trinajstić information content (AvgIpc) is 2.73. The monoisotopic (exact) mass is 236 g/mol. The summed E-state index contributed by atoms with van der Waals surface area (Å²) < 4.78 is 9.30. The number of aromatic nitrogens is 3. The SMILES string of the molecule is COc1cnccc1CNc1nc(C)ns1. The molecule has 16 heavy (non-hydrogen) atoms. The Kier molecular flexibility index (Phi) is 3.31. The molecule has 0 unspecified atom stereocenters. The van der Waals surface area contributed by atoms with Crippen LogP contribution in [0.3, 0.4) is 0 Å². The molecule has 2 aromatic heterocycles. The topological polar surface area (TPSA) is 59.9 Å². The molecule has 0 bridgehead atoms. The van der Waals surface area contributed by atoms with E-state index in [-0.39, 0.29) is 0 Å². The fourth-order valence-corrected chi connectivity index (χ4v) is 1.85. The lowest BCUT2D eigenvalue weighted by Gasteiger charge is -2.07. The number of anilines is 1.